The summed E-state index contributed by atoms with van der Waals surface area (Å²) in [5.74, 6) is -0.322. The summed E-state index contributed by atoms with van der Waals surface area (Å²) in [4.78, 5) is 24.1. The van der Waals surface area contributed by atoms with E-state index in [1.165, 1.54) is 6.07 Å². The van der Waals surface area contributed by atoms with E-state index < -0.39 is 23.4 Å². The highest BCUT2D eigenvalue weighted by Crippen LogP contribution is 2.30. The third-order valence-electron chi connectivity index (χ3n) is 4.41. The average Bonchev–Trinajstić information content (AvgIpc) is 3.10. The fourth-order valence-corrected chi connectivity index (χ4v) is 3.16. The van der Waals surface area contributed by atoms with E-state index in [9.17, 15) is 22.8 Å². The van der Waals surface area contributed by atoms with Gasteiger partial charge in [-0.1, -0.05) is 11.6 Å². The predicted molar refractivity (Wildman–Crippen MR) is 89.9 cm³/mol. The second kappa shape index (κ2) is 7.11. The molecule has 1 aromatic carbocycles. The molecule has 0 saturated carbocycles. The summed E-state index contributed by atoms with van der Waals surface area (Å²) < 4.78 is 46.5. The Kier molecular flexibility index (Phi) is 5.04. The number of pyridine rings is 1. The van der Waals surface area contributed by atoms with Crippen molar-refractivity contribution >= 4 is 16.8 Å². The maximum atomic E-state index is 13.4. The maximum absolute atomic E-state index is 13.4. The van der Waals surface area contributed by atoms with Gasteiger partial charge in [-0.25, -0.2) is 0 Å². The molecule has 0 spiro atoms. The van der Waals surface area contributed by atoms with E-state index >= 15 is 0 Å². The molecule has 3 rings (SSSR count). The smallest absolute Gasteiger partial charge is 0.368 e. The predicted octanol–water partition coefficient (Wildman–Crippen LogP) is 2.62. The van der Waals surface area contributed by atoms with Gasteiger partial charge in [-0.05, 0) is 31.9 Å². The molecule has 2 aromatic rings. The summed E-state index contributed by atoms with van der Waals surface area (Å²) >= 11 is 0. The van der Waals surface area contributed by atoms with Gasteiger partial charge in [0.2, 0.25) is 5.91 Å². The average molecular weight is 368 g/mol. The first kappa shape index (κ1) is 18.4. The fourth-order valence-electron chi connectivity index (χ4n) is 3.16. The van der Waals surface area contributed by atoms with Crippen molar-refractivity contribution in [2.45, 2.75) is 38.6 Å². The Labute approximate surface area is 147 Å². The van der Waals surface area contributed by atoms with E-state index in [2.05, 4.69) is 5.32 Å². The summed E-state index contributed by atoms with van der Waals surface area (Å²) in [6.07, 6.45) is -3.80. The number of aromatic nitrogens is 1. The zero-order valence-electron chi connectivity index (χ0n) is 14.2. The number of aryl methyl sites for hydroxylation is 1. The number of amides is 1. The van der Waals surface area contributed by atoms with Crippen molar-refractivity contribution < 1.29 is 22.7 Å². The fraction of sp³-hybridized carbons (Fsp3) is 0.444. The van der Waals surface area contributed by atoms with Crippen molar-refractivity contribution in [2.75, 3.05) is 13.2 Å². The number of alkyl halides is 3. The third kappa shape index (κ3) is 3.75. The van der Waals surface area contributed by atoms with Crippen molar-refractivity contribution in [2.24, 2.45) is 0 Å². The molecule has 2 heterocycles. The first-order valence-electron chi connectivity index (χ1n) is 8.38. The molecule has 0 unspecified atom stereocenters. The molecule has 0 bridgehead atoms. The number of fused-ring (bicyclic) bond motifs is 1. The van der Waals surface area contributed by atoms with Gasteiger partial charge in [0, 0.05) is 31.1 Å². The number of rotatable bonds is 4. The standard InChI is InChI=1S/C18H19F3N2O3/c1-11-4-5-13-12(9-11)14(24)10-16(18(19,20)21)23(13)7-6-22-17(25)15-3-2-8-26-15/h4-5,9-10,15H,2-3,6-8H2,1H3,(H,22,25)/t15-/m1/s1. The molecule has 1 atom stereocenters. The highest BCUT2D eigenvalue weighted by molar-refractivity contribution is 5.81. The Morgan fingerprint density at radius 3 is 2.77 bits per heavy atom. The molecular weight excluding hydrogens is 349 g/mol. The molecule has 8 heteroatoms. The zero-order valence-corrected chi connectivity index (χ0v) is 14.2. The lowest BCUT2D eigenvalue weighted by Gasteiger charge is -2.19. The third-order valence-corrected chi connectivity index (χ3v) is 4.41. The second-order valence-electron chi connectivity index (χ2n) is 6.36. The highest BCUT2D eigenvalue weighted by atomic mass is 19.4. The molecule has 1 N–H and O–H groups in total. The Hall–Kier alpha value is -2.35. The van der Waals surface area contributed by atoms with E-state index in [1.807, 2.05) is 0 Å². The van der Waals surface area contributed by atoms with Crippen LogP contribution in [0.4, 0.5) is 13.2 Å². The lowest BCUT2D eigenvalue weighted by molar-refractivity contribution is -0.143. The number of nitrogens with one attached hydrogen (secondary N) is 1. The van der Waals surface area contributed by atoms with E-state index in [0.717, 1.165) is 16.6 Å². The molecule has 1 aliphatic rings. The van der Waals surface area contributed by atoms with Gasteiger partial charge in [-0.2, -0.15) is 13.2 Å². The van der Waals surface area contributed by atoms with Gasteiger partial charge in [-0.15, -0.1) is 0 Å². The Morgan fingerprint density at radius 1 is 1.35 bits per heavy atom. The molecule has 1 amide bonds. The molecule has 1 saturated heterocycles. The minimum atomic E-state index is -4.67. The topological polar surface area (TPSA) is 60.3 Å². The van der Waals surface area contributed by atoms with Crippen molar-refractivity contribution in [3.8, 4) is 0 Å². The second-order valence-corrected chi connectivity index (χ2v) is 6.36. The van der Waals surface area contributed by atoms with Crippen LogP contribution in [-0.4, -0.2) is 29.7 Å². The lowest BCUT2D eigenvalue weighted by Crippen LogP contribution is -2.36. The Morgan fingerprint density at radius 2 is 2.12 bits per heavy atom. The van der Waals surface area contributed by atoms with Gasteiger partial charge in [0.25, 0.3) is 0 Å². The normalized spacial score (nSPS) is 17.6. The number of hydrogen-bond donors (Lipinski definition) is 1. The lowest BCUT2D eigenvalue weighted by atomic mass is 10.1. The number of carbonyl (C=O) groups is 1. The molecule has 26 heavy (non-hydrogen) atoms. The summed E-state index contributed by atoms with van der Waals surface area (Å²) in [6, 6.07) is 5.34. The number of ether oxygens (including phenoxy) is 1. The number of carbonyl (C=O) groups excluding carboxylic acids is 1. The van der Waals surface area contributed by atoms with Crippen LogP contribution in [0, 0.1) is 6.92 Å². The Bertz CT molecular complexity index is 884. The van der Waals surface area contributed by atoms with Gasteiger partial charge in [0.05, 0.1) is 5.52 Å². The van der Waals surface area contributed by atoms with Crippen LogP contribution in [0.1, 0.15) is 24.1 Å². The Balaban J connectivity index is 1.91. The van der Waals surface area contributed by atoms with Crippen molar-refractivity contribution in [3.05, 3.63) is 45.7 Å². The highest BCUT2D eigenvalue weighted by Gasteiger charge is 2.35. The molecule has 0 aliphatic carbocycles. The van der Waals surface area contributed by atoms with E-state index in [-0.39, 0.29) is 29.9 Å². The zero-order chi connectivity index (χ0) is 18.9. The summed E-state index contributed by atoms with van der Waals surface area (Å²) in [7, 11) is 0. The summed E-state index contributed by atoms with van der Waals surface area (Å²) in [6.45, 7) is 2.18. The van der Waals surface area contributed by atoms with Gasteiger partial charge in [0.1, 0.15) is 11.8 Å². The monoisotopic (exact) mass is 368 g/mol. The van der Waals surface area contributed by atoms with E-state index in [0.29, 0.717) is 19.1 Å². The molecule has 1 aromatic heterocycles. The van der Waals surface area contributed by atoms with Crippen LogP contribution in [-0.2, 0) is 22.3 Å². The summed E-state index contributed by atoms with van der Waals surface area (Å²) in [5.41, 5.74) is -0.713. The van der Waals surface area contributed by atoms with Gasteiger partial charge in [-0.3, -0.25) is 9.59 Å². The minimum Gasteiger partial charge on any atom is -0.368 e. The molecule has 0 radical (unpaired) electrons. The van der Waals surface area contributed by atoms with E-state index in [1.54, 1.807) is 19.1 Å². The molecule has 1 aliphatic heterocycles. The van der Waals surface area contributed by atoms with Crippen LogP contribution in [0.5, 0.6) is 0 Å². The maximum Gasteiger partial charge on any atom is 0.431 e. The van der Waals surface area contributed by atoms with E-state index in [4.69, 9.17) is 4.74 Å². The van der Waals surface area contributed by atoms with Crippen LogP contribution < -0.4 is 10.7 Å². The van der Waals surface area contributed by atoms with Crippen LogP contribution in [0.3, 0.4) is 0 Å². The van der Waals surface area contributed by atoms with Crippen LogP contribution in [0.2, 0.25) is 0 Å². The number of halogens is 3. The molecule has 140 valence electrons. The minimum absolute atomic E-state index is 0.00756. The number of hydrogen-bond acceptors (Lipinski definition) is 3. The van der Waals surface area contributed by atoms with Crippen molar-refractivity contribution in [3.63, 3.8) is 0 Å². The van der Waals surface area contributed by atoms with Gasteiger partial charge < -0.3 is 14.6 Å². The summed E-state index contributed by atoms with van der Waals surface area (Å²) in [5, 5.41) is 2.84. The molecule has 1 fully saturated rings. The van der Waals surface area contributed by atoms with Crippen LogP contribution in [0.15, 0.2) is 29.1 Å². The molecular formula is C18H19F3N2O3. The number of nitrogens with zero attached hydrogens (tertiary/aromatic N) is 1. The largest absolute Gasteiger partial charge is 0.431 e. The van der Waals surface area contributed by atoms with Gasteiger partial charge in [0.15, 0.2) is 5.43 Å². The van der Waals surface area contributed by atoms with Crippen molar-refractivity contribution in [1.29, 1.82) is 0 Å². The molecule has 5 nitrogen and oxygen atoms in total. The quantitative estimate of drug-likeness (QED) is 0.903. The first-order chi connectivity index (χ1) is 12.3. The van der Waals surface area contributed by atoms with Gasteiger partial charge >= 0.3 is 6.18 Å². The van der Waals surface area contributed by atoms with Crippen LogP contribution in [0.25, 0.3) is 10.9 Å². The van der Waals surface area contributed by atoms with Crippen LogP contribution >= 0.6 is 0 Å². The number of benzene rings is 1. The van der Waals surface area contributed by atoms with Crippen molar-refractivity contribution in [1.82, 2.24) is 9.88 Å². The SMILES string of the molecule is Cc1ccc2c(c1)c(=O)cc(C(F)(F)F)n2CCNC(=O)[C@H]1CCCO1. The first-order valence-corrected chi connectivity index (χ1v) is 8.38.